The molecule has 2 aromatic carbocycles. The average molecular weight is 429 g/mol. The van der Waals surface area contributed by atoms with Crippen LogP contribution in [0.2, 0.25) is 0 Å². The first-order valence-electron chi connectivity index (χ1n) is 10.6. The molecular weight excluding hydrogens is 400 g/mol. The molecule has 1 aliphatic heterocycles. The minimum absolute atomic E-state index is 0.0371. The number of anilines is 2. The fraction of sp³-hybridized carbons (Fsp3) is 0.435. The zero-order valence-electron chi connectivity index (χ0n) is 17.3. The Kier molecular flexibility index (Phi) is 5.99. The number of rotatable bonds is 5. The molecule has 0 saturated heterocycles. The maximum absolute atomic E-state index is 13.3. The Morgan fingerprint density at radius 1 is 1.03 bits per heavy atom. The number of nitrogens with one attached hydrogen (secondary N) is 1. The van der Waals surface area contributed by atoms with E-state index in [0.717, 1.165) is 44.1 Å². The van der Waals surface area contributed by atoms with E-state index in [0.29, 0.717) is 23.7 Å². The number of amides is 1. The van der Waals surface area contributed by atoms with Crippen molar-refractivity contribution in [1.82, 2.24) is 0 Å². The SMILES string of the molecule is COc1ccc(S(=O)(=O)N2CCCc3ccc(NC(=O)C4CCCCC4)cc32)cc1. The third-order valence-electron chi connectivity index (χ3n) is 6.05. The topological polar surface area (TPSA) is 75.7 Å². The second-order valence-corrected chi connectivity index (χ2v) is 9.89. The monoisotopic (exact) mass is 428 g/mol. The Bertz CT molecular complexity index is 1010. The molecule has 1 N–H and O–H groups in total. The number of aryl methyl sites for hydroxylation is 1. The van der Waals surface area contributed by atoms with E-state index in [4.69, 9.17) is 4.74 Å². The summed E-state index contributed by atoms with van der Waals surface area (Å²) in [6.45, 7) is 0.418. The van der Waals surface area contributed by atoms with Gasteiger partial charge in [-0.3, -0.25) is 9.10 Å². The molecular formula is C23H28N2O4S. The van der Waals surface area contributed by atoms with Crippen molar-refractivity contribution in [3.8, 4) is 5.75 Å². The minimum atomic E-state index is -3.70. The number of hydrogen-bond acceptors (Lipinski definition) is 4. The molecule has 0 atom stereocenters. The maximum Gasteiger partial charge on any atom is 0.264 e. The molecule has 6 nitrogen and oxygen atoms in total. The molecule has 30 heavy (non-hydrogen) atoms. The molecule has 160 valence electrons. The summed E-state index contributed by atoms with van der Waals surface area (Å²) in [5.41, 5.74) is 2.29. The molecule has 1 saturated carbocycles. The molecule has 0 radical (unpaired) electrons. The predicted octanol–water partition coefficient (Wildman–Crippen LogP) is 4.36. The Morgan fingerprint density at radius 3 is 2.47 bits per heavy atom. The largest absolute Gasteiger partial charge is 0.497 e. The fourth-order valence-corrected chi connectivity index (χ4v) is 5.89. The molecule has 7 heteroatoms. The standard InChI is InChI=1S/C23H28N2O4S/c1-29-20-11-13-21(14-12-20)30(27,28)25-15-5-8-17-9-10-19(16-22(17)25)24-23(26)18-6-3-2-4-7-18/h9-14,16,18H,2-8,15H2,1H3,(H,24,26). The molecule has 1 heterocycles. The molecule has 0 bridgehead atoms. The van der Waals surface area contributed by atoms with Crippen molar-refractivity contribution in [3.63, 3.8) is 0 Å². The van der Waals surface area contributed by atoms with Gasteiger partial charge in [0.05, 0.1) is 17.7 Å². The normalized spacial score (nSPS) is 17.3. The number of sulfonamides is 1. The van der Waals surface area contributed by atoms with Crippen molar-refractivity contribution >= 4 is 27.3 Å². The van der Waals surface area contributed by atoms with E-state index in [9.17, 15) is 13.2 Å². The minimum Gasteiger partial charge on any atom is -0.497 e. The fourth-order valence-electron chi connectivity index (χ4n) is 4.35. The van der Waals surface area contributed by atoms with E-state index in [1.54, 1.807) is 37.4 Å². The molecule has 0 spiro atoms. The summed E-state index contributed by atoms with van der Waals surface area (Å²) in [6.07, 6.45) is 6.81. The number of methoxy groups -OCH3 is 1. The van der Waals surface area contributed by atoms with Crippen LogP contribution in [0, 0.1) is 5.92 Å². The quantitative estimate of drug-likeness (QED) is 0.768. The second kappa shape index (κ2) is 8.68. The lowest BCUT2D eigenvalue weighted by molar-refractivity contribution is -0.120. The Hall–Kier alpha value is -2.54. The van der Waals surface area contributed by atoms with Crippen LogP contribution in [0.25, 0.3) is 0 Å². The second-order valence-electron chi connectivity index (χ2n) is 8.02. The first-order valence-corrected chi connectivity index (χ1v) is 12.0. The number of nitrogens with zero attached hydrogens (tertiary/aromatic N) is 1. The van der Waals surface area contributed by atoms with Gasteiger partial charge in [-0.2, -0.15) is 0 Å². The highest BCUT2D eigenvalue weighted by atomic mass is 32.2. The van der Waals surface area contributed by atoms with E-state index in [1.807, 2.05) is 12.1 Å². The summed E-state index contributed by atoms with van der Waals surface area (Å²) in [4.78, 5) is 12.9. The summed E-state index contributed by atoms with van der Waals surface area (Å²) in [7, 11) is -2.15. The van der Waals surface area contributed by atoms with Gasteiger partial charge in [0.2, 0.25) is 5.91 Å². The van der Waals surface area contributed by atoms with E-state index in [1.165, 1.54) is 10.7 Å². The molecule has 1 amide bonds. The van der Waals surface area contributed by atoms with Crippen LogP contribution in [0.1, 0.15) is 44.1 Å². The van der Waals surface area contributed by atoms with Crippen molar-refractivity contribution < 1.29 is 17.9 Å². The van der Waals surface area contributed by atoms with Gasteiger partial charge < -0.3 is 10.1 Å². The lowest BCUT2D eigenvalue weighted by Gasteiger charge is -2.31. The Balaban J connectivity index is 1.60. The van der Waals surface area contributed by atoms with E-state index in [-0.39, 0.29) is 16.7 Å². The van der Waals surface area contributed by atoms with Crippen LogP contribution in [0.4, 0.5) is 11.4 Å². The zero-order valence-corrected chi connectivity index (χ0v) is 18.1. The molecule has 2 aromatic rings. The Labute approximate surface area is 178 Å². The third kappa shape index (κ3) is 4.17. The van der Waals surface area contributed by atoms with Crippen molar-refractivity contribution in [2.24, 2.45) is 5.92 Å². The molecule has 4 rings (SSSR count). The molecule has 2 aliphatic rings. The van der Waals surface area contributed by atoms with Crippen LogP contribution in [-0.2, 0) is 21.2 Å². The highest BCUT2D eigenvalue weighted by Gasteiger charge is 2.30. The predicted molar refractivity (Wildman–Crippen MR) is 117 cm³/mol. The van der Waals surface area contributed by atoms with E-state index < -0.39 is 10.0 Å². The number of ether oxygens (including phenoxy) is 1. The summed E-state index contributed by atoms with van der Waals surface area (Å²) in [6, 6.07) is 12.0. The molecule has 1 fully saturated rings. The smallest absolute Gasteiger partial charge is 0.264 e. The average Bonchev–Trinajstić information content (AvgIpc) is 2.79. The first-order chi connectivity index (χ1) is 14.5. The van der Waals surface area contributed by atoms with Crippen molar-refractivity contribution in [2.45, 2.75) is 49.8 Å². The van der Waals surface area contributed by atoms with Gasteiger partial charge in [-0.1, -0.05) is 25.3 Å². The number of carbonyl (C=O) groups excluding carboxylic acids is 1. The highest BCUT2D eigenvalue weighted by molar-refractivity contribution is 7.92. The van der Waals surface area contributed by atoms with Crippen LogP contribution < -0.4 is 14.4 Å². The van der Waals surface area contributed by atoms with Crippen LogP contribution in [-0.4, -0.2) is 28.0 Å². The number of carbonyl (C=O) groups is 1. The van der Waals surface area contributed by atoms with E-state index >= 15 is 0 Å². The molecule has 0 unspecified atom stereocenters. The first kappa shape index (κ1) is 20.7. The lowest BCUT2D eigenvalue weighted by Crippen LogP contribution is -2.35. The van der Waals surface area contributed by atoms with Gasteiger partial charge in [0.25, 0.3) is 10.0 Å². The lowest BCUT2D eigenvalue weighted by atomic mass is 9.88. The van der Waals surface area contributed by atoms with Gasteiger partial charge in [-0.15, -0.1) is 0 Å². The molecule has 1 aliphatic carbocycles. The van der Waals surface area contributed by atoms with Gasteiger partial charge in [0.1, 0.15) is 5.75 Å². The van der Waals surface area contributed by atoms with Crippen molar-refractivity contribution in [1.29, 1.82) is 0 Å². The van der Waals surface area contributed by atoms with Gasteiger partial charge in [0.15, 0.2) is 0 Å². The van der Waals surface area contributed by atoms with Crippen LogP contribution in [0.5, 0.6) is 5.75 Å². The van der Waals surface area contributed by atoms with E-state index in [2.05, 4.69) is 5.32 Å². The summed E-state index contributed by atoms with van der Waals surface area (Å²) >= 11 is 0. The van der Waals surface area contributed by atoms with Gasteiger partial charge >= 0.3 is 0 Å². The van der Waals surface area contributed by atoms with Crippen molar-refractivity contribution in [2.75, 3.05) is 23.3 Å². The number of benzene rings is 2. The Morgan fingerprint density at radius 2 is 1.77 bits per heavy atom. The third-order valence-corrected chi connectivity index (χ3v) is 7.88. The number of hydrogen-bond donors (Lipinski definition) is 1. The van der Waals surface area contributed by atoms with Gasteiger partial charge in [-0.25, -0.2) is 8.42 Å². The zero-order chi connectivity index (χ0) is 21.1. The summed E-state index contributed by atoms with van der Waals surface area (Å²) < 4.78 is 33.3. The van der Waals surface area contributed by atoms with Crippen LogP contribution in [0.15, 0.2) is 47.4 Å². The van der Waals surface area contributed by atoms with Crippen molar-refractivity contribution in [3.05, 3.63) is 48.0 Å². The highest BCUT2D eigenvalue weighted by Crippen LogP contribution is 2.35. The number of fused-ring (bicyclic) bond motifs is 1. The van der Waals surface area contributed by atoms with Gasteiger partial charge in [-0.05, 0) is 67.6 Å². The van der Waals surface area contributed by atoms with Gasteiger partial charge in [0, 0.05) is 18.2 Å². The molecule has 0 aromatic heterocycles. The summed E-state index contributed by atoms with van der Waals surface area (Å²) in [5, 5.41) is 3.01. The van der Waals surface area contributed by atoms with Crippen LogP contribution in [0.3, 0.4) is 0 Å². The van der Waals surface area contributed by atoms with Crippen LogP contribution >= 0.6 is 0 Å². The summed E-state index contributed by atoms with van der Waals surface area (Å²) in [5.74, 6) is 0.699. The maximum atomic E-state index is 13.3.